The van der Waals surface area contributed by atoms with Crippen LogP contribution >= 0.6 is 11.3 Å². The number of fused-ring (bicyclic) bond motifs is 1. The van der Waals surface area contributed by atoms with E-state index in [1.165, 1.54) is 15.8 Å². The molecule has 0 unspecified atom stereocenters. The number of nitrogens with two attached hydrogens (primary N) is 1. The molecule has 0 atom stereocenters. The Hall–Kier alpha value is -1.91. The highest BCUT2D eigenvalue weighted by molar-refractivity contribution is 7.09. The average Bonchev–Trinajstić information content (AvgIpc) is 2.98. The van der Waals surface area contributed by atoms with Gasteiger partial charge in [-0.2, -0.15) is 0 Å². The van der Waals surface area contributed by atoms with Crippen molar-refractivity contribution in [2.75, 3.05) is 5.43 Å². The highest BCUT2D eigenvalue weighted by atomic mass is 32.1. The molecule has 2 aromatic heterocycles. The van der Waals surface area contributed by atoms with Gasteiger partial charge in [0.15, 0.2) is 0 Å². The van der Waals surface area contributed by atoms with E-state index in [-0.39, 0.29) is 0 Å². The largest absolute Gasteiger partial charge is 0.308 e. The zero-order chi connectivity index (χ0) is 14.8. The summed E-state index contributed by atoms with van der Waals surface area (Å²) < 4.78 is 0. The number of nitrogen functional groups attached to an aromatic ring is 1. The minimum absolute atomic E-state index is 0.516. The minimum atomic E-state index is 0.516. The molecule has 21 heavy (non-hydrogen) atoms. The van der Waals surface area contributed by atoms with E-state index in [0.29, 0.717) is 5.92 Å². The molecule has 3 rings (SSSR count). The summed E-state index contributed by atoms with van der Waals surface area (Å²) in [7, 11) is 0. The Bertz CT molecular complexity index is 748. The average molecular weight is 297 g/mol. The van der Waals surface area contributed by atoms with Crippen LogP contribution in [0.4, 0.5) is 5.82 Å². The van der Waals surface area contributed by atoms with E-state index in [1.807, 2.05) is 0 Å². The van der Waals surface area contributed by atoms with Crippen LogP contribution in [0.15, 0.2) is 41.8 Å². The number of benzene rings is 1. The zero-order valence-corrected chi connectivity index (χ0v) is 13.1. The summed E-state index contributed by atoms with van der Waals surface area (Å²) in [6.45, 7) is 4.41. The third-order valence-corrected chi connectivity index (χ3v) is 4.54. The first-order valence-corrected chi connectivity index (χ1v) is 7.98. The van der Waals surface area contributed by atoms with Crippen molar-refractivity contribution in [3.05, 3.63) is 57.8 Å². The molecule has 0 saturated heterocycles. The molecule has 2 heterocycles. The Balaban J connectivity index is 2.08. The molecule has 3 aromatic rings. The van der Waals surface area contributed by atoms with Crippen molar-refractivity contribution in [3.63, 3.8) is 0 Å². The van der Waals surface area contributed by atoms with Gasteiger partial charge in [0.1, 0.15) is 5.82 Å². The summed E-state index contributed by atoms with van der Waals surface area (Å²) in [5, 5.41) is 3.27. The summed E-state index contributed by atoms with van der Waals surface area (Å²) in [5.74, 6) is 6.91. The highest BCUT2D eigenvalue weighted by Gasteiger charge is 2.09. The predicted molar refractivity (Wildman–Crippen MR) is 90.8 cm³/mol. The molecule has 0 amide bonds. The number of aromatic nitrogens is 1. The number of hydrogen-bond donors (Lipinski definition) is 2. The maximum absolute atomic E-state index is 5.64. The molecule has 0 saturated carbocycles. The first-order chi connectivity index (χ1) is 10.2. The van der Waals surface area contributed by atoms with Gasteiger partial charge in [-0.25, -0.2) is 10.8 Å². The van der Waals surface area contributed by atoms with E-state index in [1.54, 1.807) is 11.3 Å². The van der Waals surface area contributed by atoms with Crippen molar-refractivity contribution in [2.45, 2.75) is 26.2 Å². The van der Waals surface area contributed by atoms with Crippen molar-refractivity contribution < 1.29 is 0 Å². The molecule has 0 radical (unpaired) electrons. The molecule has 4 heteroatoms. The van der Waals surface area contributed by atoms with Gasteiger partial charge in [0, 0.05) is 22.2 Å². The van der Waals surface area contributed by atoms with E-state index in [4.69, 9.17) is 5.84 Å². The van der Waals surface area contributed by atoms with Gasteiger partial charge in [-0.3, -0.25) is 0 Å². The van der Waals surface area contributed by atoms with E-state index < -0.39 is 0 Å². The van der Waals surface area contributed by atoms with Crippen molar-refractivity contribution in [1.29, 1.82) is 0 Å². The van der Waals surface area contributed by atoms with Gasteiger partial charge in [-0.15, -0.1) is 11.3 Å². The first-order valence-electron chi connectivity index (χ1n) is 7.10. The molecule has 0 bridgehead atoms. The van der Waals surface area contributed by atoms with E-state index in [9.17, 15) is 0 Å². The van der Waals surface area contributed by atoms with Gasteiger partial charge in [0.2, 0.25) is 0 Å². The molecular formula is C17H19N3S. The fourth-order valence-electron chi connectivity index (χ4n) is 2.46. The molecule has 0 aliphatic heterocycles. The third kappa shape index (κ3) is 2.91. The van der Waals surface area contributed by atoms with Crippen LogP contribution in [0.25, 0.3) is 10.9 Å². The van der Waals surface area contributed by atoms with E-state index in [0.717, 1.165) is 23.3 Å². The molecule has 3 nitrogen and oxygen atoms in total. The van der Waals surface area contributed by atoms with Crippen LogP contribution in [0, 0.1) is 0 Å². The topological polar surface area (TPSA) is 50.9 Å². The Morgan fingerprint density at radius 3 is 2.76 bits per heavy atom. The lowest BCUT2D eigenvalue weighted by Crippen LogP contribution is -2.11. The van der Waals surface area contributed by atoms with Gasteiger partial charge >= 0.3 is 0 Å². The monoisotopic (exact) mass is 297 g/mol. The standard InChI is InChI=1S/C17H19N3S/c1-11(2)12-5-6-16-13(8-12)9-14(17(19-16)20-18)10-15-4-3-7-21-15/h3-9,11H,10,18H2,1-2H3,(H,19,20). The molecule has 3 N–H and O–H groups in total. The lowest BCUT2D eigenvalue weighted by atomic mass is 10.00. The first kappa shape index (κ1) is 14.0. The molecular weight excluding hydrogens is 278 g/mol. The number of anilines is 1. The predicted octanol–water partition coefficient (Wildman–Crippen LogP) is 4.30. The number of rotatable bonds is 4. The number of hydrazine groups is 1. The summed E-state index contributed by atoms with van der Waals surface area (Å²) in [4.78, 5) is 5.96. The summed E-state index contributed by atoms with van der Waals surface area (Å²) in [5.41, 5.74) is 6.17. The Morgan fingerprint density at radius 1 is 1.24 bits per heavy atom. The Kier molecular flexibility index (Phi) is 3.90. The van der Waals surface area contributed by atoms with Crippen LogP contribution < -0.4 is 11.3 Å². The number of nitrogens with one attached hydrogen (secondary N) is 1. The second kappa shape index (κ2) is 5.84. The van der Waals surface area contributed by atoms with E-state index >= 15 is 0 Å². The maximum atomic E-state index is 5.64. The van der Waals surface area contributed by atoms with E-state index in [2.05, 4.69) is 66.0 Å². The van der Waals surface area contributed by atoms with Crippen LogP contribution in [-0.2, 0) is 6.42 Å². The normalized spacial score (nSPS) is 11.2. The van der Waals surface area contributed by atoms with Gasteiger partial charge in [0.25, 0.3) is 0 Å². The second-order valence-corrected chi connectivity index (χ2v) is 6.54. The zero-order valence-electron chi connectivity index (χ0n) is 12.3. The number of pyridine rings is 1. The van der Waals surface area contributed by atoms with Crippen LogP contribution in [-0.4, -0.2) is 4.98 Å². The van der Waals surface area contributed by atoms with Crippen molar-refractivity contribution in [1.82, 2.24) is 4.98 Å². The fourth-order valence-corrected chi connectivity index (χ4v) is 3.19. The minimum Gasteiger partial charge on any atom is -0.308 e. The smallest absolute Gasteiger partial charge is 0.144 e. The molecule has 0 aliphatic rings. The SMILES string of the molecule is CC(C)c1ccc2nc(NN)c(Cc3cccs3)cc2c1. The lowest BCUT2D eigenvalue weighted by molar-refractivity contribution is 0.868. The second-order valence-electron chi connectivity index (χ2n) is 5.50. The Labute approximate surface area is 128 Å². The molecule has 1 aromatic carbocycles. The number of hydrogen-bond acceptors (Lipinski definition) is 4. The lowest BCUT2D eigenvalue weighted by Gasteiger charge is -2.11. The number of nitrogens with zero attached hydrogens (tertiary/aromatic N) is 1. The highest BCUT2D eigenvalue weighted by Crippen LogP contribution is 2.26. The Morgan fingerprint density at radius 2 is 2.10 bits per heavy atom. The van der Waals surface area contributed by atoms with Crippen molar-refractivity contribution in [3.8, 4) is 0 Å². The maximum Gasteiger partial charge on any atom is 0.144 e. The van der Waals surface area contributed by atoms with Crippen LogP contribution in [0.1, 0.15) is 35.8 Å². The summed E-state index contributed by atoms with van der Waals surface area (Å²) in [6.07, 6.45) is 0.853. The van der Waals surface area contributed by atoms with Crippen molar-refractivity contribution >= 4 is 28.1 Å². The molecule has 0 spiro atoms. The van der Waals surface area contributed by atoms with Crippen LogP contribution in [0.5, 0.6) is 0 Å². The van der Waals surface area contributed by atoms with Gasteiger partial charge in [0.05, 0.1) is 5.52 Å². The molecule has 0 fully saturated rings. The summed E-state index contributed by atoms with van der Waals surface area (Å²) in [6, 6.07) is 12.8. The quantitative estimate of drug-likeness (QED) is 0.558. The van der Waals surface area contributed by atoms with Crippen molar-refractivity contribution in [2.24, 2.45) is 5.84 Å². The molecule has 108 valence electrons. The van der Waals surface area contributed by atoms with Crippen LogP contribution in [0.3, 0.4) is 0 Å². The van der Waals surface area contributed by atoms with Crippen LogP contribution in [0.2, 0.25) is 0 Å². The van der Waals surface area contributed by atoms with Gasteiger partial charge in [-0.05, 0) is 41.1 Å². The fraction of sp³-hybridized carbons (Fsp3) is 0.235. The van der Waals surface area contributed by atoms with Gasteiger partial charge < -0.3 is 5.43 Å². The third-order valence-electron chi connectivity index (χ3n) is 3.67. The summed E-state index contributed by atoms with van der Waals surface area (Å²) >= 11 is 1.75. The molecule has 0 aliphatic carbocycles. The van der Waals surface area contributed by atoms with Gasteiger partial charge in [-0.1, -0.05) is 26.0 Å². The number of thiophene rings is 1.